The van der Waals surface area contributed by atoms with Crippen LogP contribution >= 0.6 is 0 Å². The van der Waals surface area contributed by atoms with Gasteiger partial charge in [0, 0.05) is 24.7 Å². The molecule has 0 bridgehead atoms. The van der Waals surface area contributed by atoms with Crippen molar-refractivity contribution < 1.29 is 9.47 Å². The van der Waals surface area contributed by atoms with Crippen molar-refractivity contribution in [2.75, 3.05) is 31.6 Å². The first kappa shape index (κ1) is 11.1. The predicted octanol–water partition coefficient (Wildman–Crippen LogP) is 1.61. The number of nitrogens with one attached hydrogen (secondary N) is 1. The summed E-state index contributed by atoms with van der Waals surface area (Å²) in [5.74, 6) is 1.66. The van der Waals surface area contributed by atoms with Crippen molar-refractivity contribution >= 4 is 5.69 Å². The van der Waals surface area contributed by atoms with Gasteiger partial charge in [0.25, 0.3) is 0 Å². The fourth-order valence-corrected chi connectivity index (χ4v) is 1.61. The molecular formula is C12H18N2O2. The molecule has 16 heavy (non-hydrogen) atoms. The van der Waals surface area contributed by atoms with Gasteiger partial charge in [0.15, 0.2) is 11.5 Å². The van der Waals surface area contributed by atoms with Crippen LogP contribution < -0.4 is 20.5 Å². The molecule has 3 N–H and O–H groups in total. The minimum atomic E-state index is 0.706. The highest BCUT2D eigenvalue weighted by molar-refractivity contribution is 5.54. The first-order valence-electron chi connectivity index (χ1n) is 5.74. The molecule has 1 aromatic carbocycles. The van der Waals surface area contributed by atoms with E-state index in [4.69, 9.17) is 15.2 Å². The molecule has 1 heterocycles. The van der Waals surface area contributed by atoms with E-state index in [9.17, 15) is 0 Å². The van der Waals surface area contributed by atoms with E-state index in [1.807, 2.05) is 18.2 Å². The molecule has 0 spiro atoms. The summed E-state index contributed by atoms with van der Waals surface area (Å²) in [5.41, 5.74) is 6.49. The Labute approximate surface area is 95.7 Å². The van der Waals surface area contributed by atoms with Gasteiger partial charge in [-0.15, -0.1) is 0 Å². The molecule has 2 rings (SSSR count). The number of anilines is 1. The summed E-state index contributed by atoms with van der Waals surface area (Å²) in [6.07, 6.45) is 1.90. The lowest BCUT2D eigenvalue weighted by Crippen LogP contribution is -2.08. The molecule has 1 aromatic rings. The Morgan fingerprint density at radius 2 is 2.00 bits per heavy atom. The molecule has 0 saturated carbocycles. The van der Waals surface area contributed by atoms with Gasteiger partial charge in [-0.2, -0.15) is 0 Å². The van der Waals surface area contributed by atoms with Crippen molar-refractivity contribution in [3.63, 3.8) is 0 Å². The lowest BCUT2D eigenvalue weighted by Gasteiger charge is -2.10. The zero-order valence-electron chi connectivity index (χ0n) is 9.37. The number of ether oxygens (including phenoxy) is 2. The summed E-state index contributed by atoms with van der Waals surface area (Å²) >= 11 is 0. The lowest BCUT2D eigenvalue weighted by molar-refractivity contribution is 0.297. The quantitative estimate of drug-likeness (QED) is 0.760. The standard InChI is InChI=1S/C12H18N2O2/c13-5-1-6-14-10-3-4-11-12(9-10)16-8-2-7-15-11/h3-4,9,14H,1-2,5-8,13H2. The third kappa shape index (κ3) is 2.79. The highest BCUT2D eigenvalue weighted by atomic mass is 16.5. The smallest absolute Gasteiger partial charge is 0.163 e. The molecule has 0 aliphatic carbocycles. The number of rotatable bonds is 4. The Balaban J connectivity index is 2.02. The summed E-state index contributed by atoms with van der Waals surface area (Å²) in [7, 11) is 0. The molecule has 4 nitrogen and oxygen atoms in total. The van der Waals surface area contributed by atoms with Crippen molar-refractivity contribution in [2.24, 2.45) is 5.73 Å². The number of fused-ring (bicyclic) bond motifs is 1. The number of nitrogens with two attached hydrogens (primary N) is 1. The molecule has 0 atom stereocenters. The normalized spacial score (nSPS) is 14.3. The average Bonchev–Trinajstić information content (AvgIpc) is 2.54. The first-order chi connectivity index (χ1) is 7.90. The number of benzene rings is 1. The van der Waals surface area contributed by atoms with Gasteiger partial charge in [-0.1, -0.05) is 0 Å². The Hall–Kier alpha value is -1.42. The van der Waals surface area contributed by atoms with Crippen LogP contribution in [0.4, 0.5) is 5.69 Å². The molecule has 0 amide bonds. The molecule has 1 aliphatic rings. The van der Waals surface area contributed by atoms with Crippen LogP contribution in [0.1, 0.15) is 12.8 Å². The molecule has 0 fully saturated rings. The Morgan fingerprint density at radius 1 is 1.19 bits per heavy atom. The predicted molar refractivity (Wildman–Crippen MR) is 64.2 cm³/mol. The SMILES string of the molecule is NCCCNc1ccc2c(c1)OCCCO2. The second kappa shape index (κ2) is 5.61. The van der Waals surface area contributed by atoms with Crippen LogP contribution in [0.15, 0.2) is 18.2 Å². The zero-order valence-corrected chi connectivity index (χ0v) is 9.37. The molecule has 88 valence electrons. The largest absolute Gasteiger partial charge is 0.490 e. The van der Waals surface area contributed by atoms with Crippen molar-refractivity contribution in [1.29, 1.82) is 0 Å². The molecule has 0 radical (unpaired) electrons. The minimum Gasteiger partial charge on any atom is -0.490 e. The molecule has 1 aliphatic heterocycles. The summed E-state index contributed by atoms with van der Waals surface area (Å²) in [4.78, 5) is 0. The van der Waals surface area contributed by atoms with Gasteiger partial charge >= 0.3 is 0 Å². The Bertz CT molecular complexity index is 342. The third-order valence-corrected chi connectivity index (χ3v) is 2.46. The van der Waals surface area contributed by atoms with E-state index in [0.717, 1.165) is 49.8 Å². The Kier molecular flexibility index (Phi) is 3.88. The minimum absolute atomic E-state index is 0.706. The third-order valence-electron chi connectivity index (χ3n) is 2.46. The van der Waals surface area contributed by atoms with Crippen LogP contribution in [0.5, 0.6) is 11.5 Å². The summed E-state index contributed by atoms with van der Waals surface area (Å²) in [5, 5.41) is 3.30. The molecular weight excluding hydrogens is 204 g/mol. The van der Waals surface area contributed by atoms with Gasteiger partial charge in [-0.3, -0.25) is 0 Å². The topological polar surface area (TPSA) is 56.5 Å². The van der Waals surface area contributed by atoms with Gasteiger partial charge in [-0.05, 0) is 25.1 Å². The van der Waals surface area contributed by atoms with Gasteiger partial charge in [0.05, 0.1) is 13.2 Å². The monoisotopic (exact) mass is 222 g/mol. The van der Waals surface area contributed by atoms with Gasteiger partial charge < -0.3 is 20.5 Å². The van der Waals surface area contributed by atoms with E-state index in [0.29, 0.717) is 6.54 Å². The maximum atomic E-state index is 5.61. The molecule has 0 aromatic heterocycles. The second-order valence-electron chi connectivity index (χ2n) is 3.78. The fraction of sp³-hybridized carbons (Fsp3) is 0.500. The van der Waals surface area contributed by atoms with E-state index in [1.54, 1.807) is 0 Å². The van der Waals surface area contributed by atoms with Crippen molar-refractivity contribution in [1.82, 2.24) is 0 Å². The lowest BCUT2D eigenvalue weighted by atomic mass is 10.2. The van der Waals surface area contributed by atoms with Gasteiger partial charge in [0.1, 0.15) is 0 Å². The van der Waals surface area contributed by atoms with Crippen LogP contribution in [0, 0.1) is 0 Å². The van der Waals surface area contributed by atoms with Crippen LogP contribution in [0.25, 0.3) is 0 Å². The molecule has 4 heteroatoms. The molecule has 0 saturated heterocycles. The van der Waals surface area contributed by atoms with Crippen molar-refractivity contribution in [2.45, 2.75) is 12.8 Å². The van der Waals surface area contributed by atoms with Crippen molar-refractivity contribution in [3.05, 3.63) is 18.2 Å². The highest BCUT2D eigenvalue weighted by Crippen LogP contribution is 2.32. The summed E-state index contributed by atoms with van der Waals surface area (Å²) < 4.78 is 11.2. The Morgan fingerprint density at radius 3 is 2.81 bits per heavy atom. The van der Waals surface area contributed by atoms with E-state index in [2.05, 4.69) is 5.32 Å². The summed E-state index contributed by atoms with van der Waals surface area (Å²) in [6, 6.07) is 5.94. The van der Waals surface area contributed by atoms with E-state index < -0.39 is 0 Å². The van der Waals surface area contributed by atoms with E-state index in [-0.39, 0.29) is 0 Å². The summed E-state index contributed by atoms with van der Waals surface area (Å²) in [6.45, 7) is 3.04. The average molecular weight is 222 g/mol. The van der Waals surface area contributed by atoms with E-state index >= 15 is 0 Å². The maximum Gasteiger partial charge on any atom is 0.163 e. The van der Waals surface area contributed by atoms with Crippen LogP contribution in [0.3, 0.4) is 0 Å². The van der Waals surface area contributed by atoms with E-state index in [1.165, 1.54) is 0 Å². The van der Waals surface area contributed by atoms with Crippen LogP contribution in [-0.4, -0.2) is 26.3 Å². The van der Waals surface area contributed by atoms with Crippen molar-refractivity contribution in [3.8, 4) is 11.5 Å². The molecule has 0 unspecified atom stereocenters. The van der Waals surface area contributed by atoms with Crippen LogP contribution in [0.2, 0.25) is 0 Å². The highest BCUT2D eigenvalue weighted by Gasteiger charge is 2.10. The maximum absolute atomic E-state index is 5.61. The number of hydrogen-bond donors (Lipinski definition) is 2. The van der Waals surface area contributed by atoms with Gasteiger partial charge in [-0.25, -0.2) is 0 Å². The zero-order chi connectivity index (χ0) is 11.2. The van der Waals surface area contributed by atoms with Crippen LogP contribution in [-0.2, 0) is 0 Å². The van der Waals surface area contributed by atoms with Gasteiger partial charge in [0.2, 0.25) is 0 Å². The number of hydrogen-bond acceptors (Lipinski definition) is 4. The second-order valence-corrected chi connectivity index (χ2v) is 3.78. The fourth-order valence-electron chi connectivity index (χ4n) is 1.61. The first-order valence-corrected chi connectivity index (χ1v) is 5.74.